The SMILES string of the molecule is CCNC(c1cc2cccc(C)c2o1)C(OCC)OCC. The zero-order chi connectivity index (χ0) is 15.2. The van der Waals surface area contributed by atoms with Gasteiger partial charge >= 0.3 is 0 Å². The van der Waals surface area contributed by atoms with E-state index >= 15 is 0 Å². The predicted octanol–water partition coefficient (Wildman–Crippen LogP) is 3.79. The van der Waals surface area contributed by atoms with Crippen LogP contribution in [-0.4, -0.2) is 26.0 Å². The number of hydrogen-bond donors (Lipinski definition) is 1. The molecule has 0 aliphatic carbocycles. The molecule has 116 valence electrons. The number of nitrogens with one attached hydrogen (secondary N) is 1. The van der Waals surface area contributed by atoms with Gasteiger partial charge in [0.25, 0.3) is 0 Å². The van der Waals surface area contributed by atoms with Gasteiger partial charge in [0, 0.05) is 18.6 Å². The summed E-state index contributed by atoms with van der Waals surface area (Å²) in [5.41, 5.74) is 2.07. The van der Waals surface area contributed by atoms with Gasteiger partial charge in [-0.1, -0.05) is 25.1 Å². The molecule has 2 rings (SSSR count). The Bertz CT molecular complexity index is 558. The average molecular weight is 291 g/mol. The van der Waals surface area contributed by atoms with Gasteiger partial charge in [0.2, 0.25) is 0 Å². The summed E-state index contributed by atoms with van der Waals surface area (Å²) < 4.78 is 17.5. The summed E-state index contributed by atoms with van der Waals surface area (Å²) in [6, 6.07) is 8.12. The number of ether oxygens (including phenoxy) is 2. The van der Waals surface area contributed by atoms with Gasteiger partial charge in [0.05, 0.1) is 0 Å². The van der Waals surface area contributed by atoms with Crippen molar-refractivity contribution >= 4 is 11.0 Å². The topological polar surface area (TPSA) is 43.6 Å². The molecule has 0 amide bonds. The number of rotatable bonds is 8. The summed E-state index contributed by atoms with van der Waals surface area (Å²) in [4.78, 5) is 0. The van der Waals surface area contributed by atoms with E-state index in [0.717, 1.165) is 28.8 Å². The van der Waals surface area contributed by atoms with Crippen molar-refractivity contribution in [2.45, 2.75) is 40.0 Å². The van der Waals surface area contributed by atoms with Gasteiger partial charge in [-0.2, -0.15) is 0 Å². The Morgan fingerprint density at radius 1 is 1.14 bits per heavy atom. The largest absolute Gasteiger partial charge is 0.459 e. The molecule has 21 heavy (non-hydrogen) atoms. The predicted molar refractivity (Wildman–Crippen MR) is 84.4 cm³/mol. The second kappa shape index (κ2) is 7.59. The smallest absolute Gasteiger partial charge is 0.179 e. The first-order valence-electron chi connectivity index (χ1n) is 7.66. The quantitative estimate of drug-likeness (QED) is 0.751. The van der Waals surface area contributed by atoms with Gasteiger partial charge in [-0.15, -0.1) is 0 Å². The van der Waals surface area contributed by atoms with Crippen LogP contribution < -0.4 is 5.32 Å². The van der Waals surface area contributed by atoms with Gasteiger partial charge in [0.1, 0.15) is 17.4 Å². The maximum Gasteiger partial charge on any atom is 0.179 e. The highest BCUT2D eigenvalue weighted by atomic mass is 16.7. The van der Waals surface area contributed by atoms with E-state index in [1.165, 1.54) is 0 Å². The number of benzene rings is 1. The third-order valence-electron chi connectivity index (χ3n) is 3.42. The summed E-state index contributed by atoms with van der Waals surface area (Å²) >= 11 is 0. The minimum absolute atomic E-state index is 0.110. The van der Waals surface area contributed by atoms with E-state index in [-0.39, 0.29) is 12.3 Å². The molecule has 1 N–H and O–H groups in total. The molecule has 1 atom stereocenters. The van der Waals surface area contributed by atoms with Crippen molar-refractivity contribution in [2.75, 3.05) is 19.8 Å². The van der Waals surface area contributed by atoms with Gasteiger partial charge in [-0.05, 0) is 38.9 Å². The summed E-state index contributed by atoms with van der Waals surface area (Å²) in [7, 11) is 0. The molecule has 0 spiro atoms. The molecule has 0 fully saturated rings. The Kier molecular flexibility index (Phi) is 5.79. The fraction of sp³-hybridized carbons (Fsp3) is 0.529. The number of likely N-dealkylation sites (N-methyl/N-ethyl adjacent to an activating group) is 1. The minimum atomic E-state index is -0.346. The highest BCUT2D eigenvalue weighted by Gasteiger charge is 2.27. The molecule has 0 saturated carbocycles. The summed E-state index contributed by atoms with van der Waals surface area (Å²) in [5.74, 6) is 0.855. The fourth-order valence-corrected chi connectivity index (χ4v) is 2.50. The Morgan fingerprint density at radius 2 is 1.86 bits per heavy atom. The highest BCUT2D eigenvalue weighted by molar-refractivity contribution is 5.81. The molecule has 0 aliphatic heterocycles. The molecule has 0 saturated heterocycles. The summed E-state index contributed by atoms with van der Waals surface area (Å²) in [5, 5.41) is 4.52. The van der Waals surface area contributed by atoms with Gasteiger partial charge in [0.15, 0.2) is 6.29 Å². The Morgan fingerprint density at radius 3 is 2.43 bits per heavy atom. The standard InChI is InChI=1S/C17H25NO3/c1-5-18-15(17(19-6-2)20-7-3)14-11-13-10-8-9-12(4)16(13)21-14/h8-11,15,17-18H,5-7H2,1-4H3. The molecular weight excluding hydrogens is 266 g/mol. The lowest BCUT2D eigenvalue weighted by molar-refractivity contribution is -0.157. The summed E-state index contributed by atoms with van der Waals surface area (Å²) in [6.45, 7) is 10.1. The molecule has 1 aromatic heterocycles. The first-order chi connectivity index (χ1) is 10.2. The summed E-state index contributed by atoms with van der Waals surface area (Å²) in [6.07, 6.45) is -0.346. The Balaban J connectivity index is 2.36. The molecule has 0 bridgehead atoms. The van der Waals surface area contributed by atoms with Crippen LogP contribution in [-0.2, 0) is 9.47 Å². The minimum Gasteiger partial charge on any atom is -0.459 e. The zero-order valence-corrected chi connectivity index (χ0v) is 13.3. The van der Waals surface area contributed by atoms with Crippen LogP contribution in [0, 0.1) is 6.92 Å². The van der Waals surface area contributed by atoms with Crippen LogP contribution in [0.1, 0.15) is 38.1 Å². The van der Waals surface area contributed by atoms with Crippen LogP contribution in [0.4, 0.5) is 0 Å². The lowest BCUT2D eigenvalue weighted by Crippen LogP contribution is -2.35. The monoisotopic (exact) mass is 291 g/mol. The van der Waals surface area contributed by atoms with Gasteiger partial charge < -0.3 is 19.2 Å². The Hall–Kier alpha value is -1.36. The molecule has 1 aromatic carbocycles. The second-order valence-corrected chi connectivity index (χ2v) is 4.96. The third kappa shape index (κ3) is 3.64. The van der Waals surface area contributed by atoms with E-state index in [0.29, 0.717) is 13.2 Å². The maximum atomic E-state index is 6.06. The zero-order valence-electron chi connectivity index (χ0n) is 13.3. The fourth-order valence-electron chi connectivity index (χ4n) is 2.50. The lowest BCUT2D eigenvalue weighted by atomic mass is 10.1. The normalized spacial score (nSPS) is 13.2. The van der Waals surface area contributed by atoms with Crippen LogP contribution in [0.5, 0.6) is 0 Å². The van der Waals surface area contributed by atoms with Crippen molar-refractivity contribution in [1.29, 1.82) is 0 Å². The first-order valence-corrected chi connectivity index (χ1v) is 7.66. The lowest BCUT2D eigenvalue weighted by Gasteiger charge is -2.25. The molecule has 2 aromatic rings. The number of hydrogen-bond acceptors (Lipinski definition) is 4. The van der Waals surface area contributed by atoms with Crippen molar-refractivity contribution in [3.05, 3.63) is 35.6 Å². The van der Waals surface area contributed by atoms with Crippen molar-refractivity contribution in [3.63, 3.8) is 0 Å². The van der Waals surface area contributed by atoms with Crippen LogP contribution in [0.3, 0.4) is 0 Å². The van der Waals surface area contributed by atoms with E-state index in [1.807, 2.05) is 19.9 Å². The second-order valence-electron chi connectivity index (χ2n) is 4.96. The molecule has 0 aliphatic rings. The number of furan rings is 1. The van der Waals surface area contributed by atoms with Crippen molar-refractivity contribution < 1.29 is 13.9 Å². The van der Waals surface area contributed by atoms with E-state index in [9.17, 15) is 0 Å². The van der Waals surface area contributed by atoms with Crippen molar-refractivity contribution in [2.24, 2.45) is 0 Å². The molecule has 4 heteroatoms. The van der Waals surface area contributed by atoms with Crippen LogP contribution in [0.25, 0.3) is 11.0 Å². The number of aryl methyl sites for hydroxylation is 1. The molecule has 0 radical (unpaired) electrons. The number of para-hydroxylation sites is 1. The molecular formula is C17H25NO3. The van der Waals surface area contributed by atoms with Crippen molar-refractivity contribution in [3.8, 4) is 0 Å². The molecule has 1 heterocycles. The first kappa shape index (κ1) is 16.0. The molecule has 4 nitrogen and oxygen atoms in total. The van der Waals surface area contributed by atoms with Gasteiger partial charge in [-0.25, -0.2) is 0 Å². The van der Waals surface area contributed by atoms with E-state index < -0.39 is 0 Å². The Labute approximate surface area is 126 Å². The molecule has 1 unspecified atom stereocenters. The van der Waals surface area contributed by atoms with E-state index in [2.05, 4.69) is 37.4 Å². The van der Waals surface area contributed by atoms with Crippen LogP contribution >= 0.6 is 0 Å². The average Bonchev–Trinajstić information content (AvgIpc) is 2.90. The third-order valence-corrected chi connectivity index (χ3v) is 3.42. The van der Waals surface area contributed by atoms with Crippen LogP contribution in [0.2, 0.25) is 0 Å². The van der Waals surface area contributed by atoms with E-state index in [4.69, 9.17) is 13.9 Å². The van der Waals surface area contributed by atoms with E-state index in [1.54, 1.807) is 0 Å². The highest BCUT2D eigenvalue weighted by Crippen LogP contribution is 2.29. The van der Waals surface area contributed by atoms with Crippen molar-refractivity contribution in [1.82, 2.24) is 5.32 Å². The van der Waals surface area contributed by atoms with Gasteiger partial charge in [-0.3, -0.25) is 0 Å². The van der Waals surface area contributed by atoms with Crippen LogP contribution in [0.15, 0.2) is 28.7 Å². The number of fused-ring (bicyclic) bond motifs is 1. The maximum absolute atomic E-state index is 6.06.